The molecule has 0 spiro atoms. The molecule has 0 unspecified atom stereocenters. The molecule has 0 fully saturated rings. The Morgan fingerprint density at radius 3 is 2.07 bits per heavy atom. The average molecular weight is 385 g/mol. The number of carbonyl (C=O) groups excluding carboxylic acids is 1. The fraction of sp³-hybridized carbons (Fsp3) is 0.211. The molecule has 9 nitrogen and oxygen atoms in total. The van der Waals surface area contributed by atoms with Gasteiger partial charge in [0.15, 0.2) is 23.0 Å². The van der Waals surface area contributed by atoms with E-state index < -0.39 is 11.5 Å². The van der Waals surface area contributed by atoms with Gasteiger partial charge < -0.3 is 24.1 Å². The number of nitriles is 1. The lowest BCUT2D eigenvalue weighted by Crippen LogP contribution is -2.15. The number of ether oxygens (including phenoxy) is 4. The number of hydrogen-bond acceptors (Lipinski definition) is 9. The van der Waals surface area contributed by atoms with Crippen molar-refractivity contribution in [1.29, 1.82) is 5.26 Å². The van der Waals surface area contributed by atoms with E-state index in [-0.39, 0.29) is 28.6 Å². The third-order valence-corrected chi connectivity index (χ3v) is 3.72. The summed E-state index contributed by atoms with van der Waals surface area (Å²) in [6.07, 6.45) is 0. The molecule has 0 amide bonds. The van der Waals surface area contributed by atoms with Gasteiger partial charge in [0.2, 0.25) is 17.2 Å². The molecular weight excluding hydrogens is 366 g/mol. The Morgan fingerprint density at radius 2 is 1.61 bits per heavy atom. The van der Waals surface area contributed by atoms with Crippen LogP contribution in [0.4, 0.5) is 5.69 Å². The minimum absolute atomic E-state index is 0.114. The fourth-order valence-electron chi connectivity index (χ4n) is 2.36. The number of rotatable bonds is 8. The Balaban J connectivity index is 2.34. The van der Waals surface area contributed by atoms with E-state index in [9.17, 15) is 15.2 Å². The van der Waals surface area contributed by atoms with Crippen LogP contribution in [0.1, 0.15) is 10.4 Å². The summed E-state index contributed by atoms with van der Waals surface area (Å²) in [5, 5.41) is 22.9. The average Bonchev–Trinajstić information content (AvgIpc) is 2.72. The second kappa shape index (κ2) is 9.14. The fourth-order valence-corrected chi connectivity index (χ4v) is 2.36. The zero-order valence-electron chi connectivity index (χ0n) is 15.8. The summed E-state index contributed by atoms with van der Waals surface area (Å²) in [5.41, 5.74) is 2.66. The quantitative estimate of drug-likeness (QED) is 0.404. The largest absolute Gasteiger partial charge is 0.504 e. The number of aromatic hydroxyl groups is 1. The number of nitrogens with zero attached hydrogens (tertiary/aromatic N) is 2. The molecule has 0 radical (unpaired) electrons. The molecule has 2 aromatic carbocycles. The minimum Gasteiger partial charge on any atom is -0.504 e. The molecule has 28 heavy (non-hydrogen) atoms. The summed E-state index contributed by atoms with van der Waals surface area (Å²) in [5.74, 6) is 0.391. The third-order valence-electron chi connectivity index (χ3n) is 3.72. The maximum absolute atomic E-state index is 12.7. The van der Waals surface area contributed by atoms with E-state index in [0.717, 1.165) is 0 Å². The van der Waals surface area contributed by atoms with Crippen LogP contribution < -0.4 is 24.4 Å². The molecule has 0 atom stereocenters. The Labute approximate surface area is 161 Å². The number of Topliss-reactive ketones (excluding diaryl/α,β-unsaturated/α-hetero) is 1. The first kappa shape index (κ1) is 20.4. The van der Waals surface area contributed by atoms with Gasteiger partial charge >= 0.3 is 0 Å². The molecule has 0 saturated carbocycles. The van der Waals surface area contributed by atoms with Crippen molar-refractivity contribution in [3.8, 4) is 34.8 Å². The van der Waals surface area contributed by atoms with E-state index in [1.807, 2.05) is 0 Å². The standard InChI is InChI=1S/C19H19N3O6/c1-25-15-6-5-12(9-14(15)23)21-22-13(10-20)18(24)11-7-16(26-2)19(28-4)17(8-11)27-3/h5-9,21,23H,1-4H3/b22-13+. The van der Waals surface area contributed by atoms with Crippen molar-refractivity contribution in [2.24, 2.45) is 5.10 Å². The second-order valence-corrected chi connectivity index (χ2v) is 5.31. The lowest BCUT2D eigenvalue weighted by molar-refractivity contribution is 0.106. The normalized spacial score (nSPS) is 10.6. The Bertz CT molecular complexity index is 924. The van der Waals surface area contributed by atoms with Crippen molar-refractivity contribution in [1.82, 2.24) is 0 Å². The molecule has 0 aliphatic rings. The molecule has 9 heteroatoms. The minimum atomic E-state index is -0.646. The van der Waals surface area contributed by atoms with Crippen LogP contribution in [0, 0.1) is 11.3 Å². The van der Waals surface area contributed by atoms with Gasteiger partial charge in [-0.2, -0.15) is 10.4 Å². The number of nitrogens with one attached hydrogen (secondary N) is 1. The predicted octanol–water partition coefficient (Wildman–Crippen LogP) is 2.60. The van der Waals surface area contributed by atoms with Crippen LogP contribution in [0.3, 0.4) is 0 Å². The highest BCUT2D eigenvalue weighted by Gasteiger charge is 2.20. The van der Waals surface area contributed by atoms with E-state index in [0.29, 0.717) is 11.4 Å². The van der Waals surface area contributed by atoms with Gasteiger partial charge in [-0.15, -0.1) is 0 Å². The van der Waals surface area contributed by atoms with E-state index in [1.165, 1.54) is 52.7 Å². The second-order valence-electron chi connectivity index (χ2n) is 5.31. The molecule has 0 aliphatic heterocycles. The predicted molar refractivity (Wildman–Crippen MR) is 102 cm³/mol. The van der Waals surface area contributed by atoms with Crippen molar-refractivity contribution in [2.45, 2.75) is 0 Å². The molecular formula is C19H19N3O6. The highest BCUT2D eigenvalue weighted by molar-refractivity contribution is 6.51. The summed E-state index contributed by atoms with van der Waals surface area (Å²) in [6, 6.07) is 9.03. The van der Waals surface area contributed by atoms with Crippen molar-refractivity contribution < 1.29 is 28.8 Å². The molecule has 0 saturated heterocycles. The van der Waals surface area contributed by atoms with Crippen LogP contribution in [0.2, 0.25) is 0 Å². The van der Waals surface area contributed by atoms with Crippen molar-refractivity contribution >= 4 is 17.2 Å². The van der Waals surface area contributed by atoms with Crippen LogP contribution in [0.15, 0.2) is 35.4 Å². The van der Waals surface area contributed by atoms with Gasteiger partial charge in [0.25, 0.3) is 0 Å². The number of phenols is 1. The first-order valence-corrected chi connectivity index (χ1v) is 7.94. The summed E-state index contributed by atoms with van der Waals surface area (Å²) in [6.45, 7) is 0. The number of phenolic OH excluding ortho intramolecular Hbond substituents is 1. The molecule has 2 rings (SSSR count). The first-order valence-electron chi connectivity index (χ1n) is 7.94. The van der Waals surface area contributed by atoms with Gasteiger partial charge in [-0.25, -0.2) is 0 Å². The highest BCUT2D eigenvalue weighted by atomic mass is 16.5. The molecule has 2 aromatic rings. The van der Waals surface area contributed by atoms with Crippen LogP contribution >= 0.6 is 0 Å². The van der Waals surface area contributed by atoms with Gasteiger partial charge in [-0.1, -0.05) is 0 Å². The molecule has 146 valence electrons. The number of ketones is 1. The van der Waals surface area contributed by atoms with Crippen molar-refractivity contribution in [2.75, 3.05) is 33.9 Å². The SMILES string of the molecule is COc1ccc(N/N=C(\C#N)C(=O)c2cc(OC)c(OC)c(OC)c2)cc1O. The number of carbonyl (C=O) groups is 1. The summed E-state index contributed by atoms with van der Waals surface area (Å²) in [7, 11) is 5.70. The number of methoxy groups -OCH3 is 4. The van der Waals surface area contributed by atoms with Crippen molar-refractivity contribution in [3.05, 3.63) is 35.9 Å². The zero-order chi connectivity index (χ0) is 20.7. The maximum Gasteiger partial charge on any atom is 0.224 e. The van der Waals surface area contributed by atoms with E-state index >= 15 is 0 Å². The monoisotopic (exact) mass is 385 g/mol. The van der Waals surface area contributed by atoms with E-state index in [1.54, 1.807) is 12.1 Å². The molecule has 0 aromatic heterocycles. The summed E-state index contributed by atoms with van der Waals surface area (Å²) < 4.78 is 20.6. The number of hydrogen-bond donors (Lipinski definition) is 2. The Hall–Kier alpha value is -3.93. The van der Waals surface area contributed by atoms with Crippen LogP contribution in [-0.4, -0.2) is 45.0 Å². The lowest BCUT2D eigenvalue weighted by Gasteiger charge is -2.13. The first-order chi connectivity index (χ1) is 13.5. The molecule has 2 N–H and O–H groups in total. The van der Waals surface area contributed by atoms with Gasteiger partial charge in [0.1, 0.15) is 6.07 Å². The Kier molecular flexibility index (Phi) is 6.65. The number of benzene rings is 2. The molecule has 0 aliphatic carbocycles. The zero-order valence-corrected chi connectivity index (χ0v) is 15.8. The molecule has 0 heterocycles. The third kappa shape index (κ3) is 4.24. The van der Waals surface area contributed by atoms with Crippen LogP contribution in [0.5, 0.6) is 28.7 Å². The van der Waals surface area contributed by atoms with E-state index in [4.69, 9.17) is 18.9 Å². The van der Waals surface area contributed by atoms with Crippen LogP contribution in [0.25, 0.3) is 0 Å². The Morgan fingerprint density at radius 1 is 1.00 bits per heavy atom. The van der Waals surface area contributed by atoms with Gasteiger partial charge in [0, 0.05) is 11.6 Å². The van der Waals surface area contributed by atoms with Gasteiger partial charge in [0.05, 0.1) is 34.1 Å². The number of anilines is 1. The summed E-state index contributed by atoms with van der Waals surface area (Å²) in [4.78, 5) is 12.7. The van der Waals surface area contributed by atoms with Crippen LogP contribution in [-0.2, 0) is 0 Å². The van der Waals surface area contributed by atoms with Gasteiger partial charge in [-0.05, 0) is 24.3 Å². The smallest absolute Gasteiger partial charge is 0.224 e. The topological polar surface area (TPSA) is 122 Å². The van der Waals surface area contributed by atoms with Gasteiger partial charge in [-0.3, -0.25) is 10.2 Å². The number of hydrazone groups is 1. The summed E-state index contributed by atoms with van der Waals surface area (Å²) >= 11 is 0. The molecule has 0 bridgehead atoms. The lowest BCUT2D eigenvalue weighted by atomic mass is 10.1. The van der Waals surface area contributed by atoms with Crippen molar-refractivity contribution in [3.63, 3.8) is 0 Å². The highest BCUT2D eigenvalue weighted by Crippen LogP contribution is 2.38. The maximum atomic E-state index is 12.7. The van der Waals surface area contributed by atoms with E-state index in [2.05, 4.69) is 10.5 Å².